The maximum absolute atomic E-state index is 13.6. The van der Waals surface area contributed by atoms with Crippen molar-refractivity contribution in [3.8, 4) is 0 Å². The quantitative estimate of drug-likeness (QED) is 0.659. The van der Waals surface area contributed by atoms with Gasteiger partial charge in [-0.3, -0.25) is 5.32 Å². The lowest BCUT2D eigenvalue weighted by atomic mass is 10.0. The van der Waals surface area contributed by atoms with E-state index in [9.17, 15) is 9.50 Å². The summed E-state index contributed by atoms with van der Waals surface area (Å²) in [4.78, 5) is -1.28. The highest BCUT2D eigenvalue weighted by Gasteiger charge is 2.36. The second kappa shape index (κ2) is 5.81. The summed E-state index contributed by atoms with van der Waals surface area (Å²) in [6, 6.07) is 4.42. The van der Waals surface area contributed by atoms with Crippen LogP contribution in [0.5, 0.6) is 0 Å². The molecule has 2 atom stereocenters. The molecule has 2 rings (SSSR count). The number of halogens is 4. The molecule has 0 fully saturated rings. The van der Waals surface area contributed by atoms with Crippen molar-refractivity contribution in [3.05, 3.63) is 57.9 Å². The lowest BCUT2D eigenvalue weighted by Crippen LogP contribution is -2.49. The van der Waals surface area contributed by atoms with E-state index in [0.29, 0.717) is 5.02 Å². The van der Waals surface area contributed by atoms with Crippen LogP contribution in [-0.4, -0.2) is 16.2 Å². The number of rotatable bonds is 3. The van der Waals surface area contributed by atoms with Crippen LogP contribution in [0.2, 0.25) is 5.02 Å². The fourth-order valence-corrected chi connectivity index (χ4v) is 2.53. The zero-order valence-corrected chi connectivity index (χ0v) is 12.0. The van der Waals surface area contributed by atoms with Gasteiger partial charge in [0.2, 0.25) is 0 Å². The molecule has 6 heteroatoms. The Balaban J connectivity index is 2.15. The van der Waals surface area contributed by atoms with Gasteiger partial charge in [0.15, 0.2) is 0 Å². The molecule has 0 saturated heterocycles. The number of aliphatic hydroxyl groups is 1. The molecular formula is C13H11Cl3FNO. The molecule has 2 nitrogen and oxygen atoms in total. The molecule has 2 N–H and O–H groups in total. The predicted octanol–water partition coefficient (Wildman–Crippen LogP) is 3.56. The first kappa shape index (κ1) is 14.8. The monoisotopic (exact) mass is 321 g/mol. The lowest BCUT2D eigenvalue weighted by molar-refractivity contribution is 0.165. The van der Waals surface area contributed by atoms with E-state index < -0.39 is 16.9 Å². The third-order valence-electron chi connectivity index (χ3n) is 2.85. The molecule has 102 valence electrons. The fraction of sp³-hybridized carbons (Fsp3) is 0.231. The van der Waals surface area contributed by atoms with Gasteiger partial charge in [0.25, 0.3) is 0 Å². The summed E-state index contributed by atoms with van der Waals surface area (Å²) in [6.45, 7) is 0.0700. The highest BCUT2D eigenvalue weighted by atomic mass is 35.5. The van der Waals surface area contributed by atoms with Crippen LogP contribution < -0.4 is 5.32 Å². The van der Waals surface area contributed by atoms with Gasteiger partial charge in [0, 0.05) is 17.1 Å². The Morgan fingerprint density at radius 2 is 2.11 bits per heavy atom. The SMILES string of the molecule is OC1C(Cl)=CC=CC1(Cl)NCc1c(F)cccc1Cl. The van der Waals surface area contributed by atoms with Gasteiger partial charge in [-0.15, -0.1) is 0 Å². The smallest absolute Gasteiger partial charge is 0.144 e. The molecule has 1 aromatic carbocycles. The van der Waals surface area contributed by atoms with Crippen LogP contribution in [0.15, 0.2) is 41.5 Å². The van der Waals surface area contributed by atoms with Crippen molar-refractivity contribution in [2.24, 2.45) is 0 Å². The third-order valence-corrected chi connectivity index (χ3v) is 4.00. The van der Waals surface area contributed by atoms with Gasteiger partial charge in [-0.25, -0.2) is 4.39 Å². The molecule has 0 radical (unpaired) electrons. The summed E-state index contributed by atoms with van der Waals surface area (Å²) in [5, 5.41) is 13.3. The minimum atomic E-state index is -1.28. The van der Waals surface area contributed by atoms with E-state index in [0.717, 1.165) is 0 Å². The average molecular weight is 323 g/mol. The first-order chi connectivity index (χ1) is 8.94. The van der Waals surface area contributed by atoms with Gasteiger partial charge in [-0.1, -0.05) is 46.9 Å². The normalized spacial score (nSPS) is 26.4. The standard InChI is InChI=1S/C13H11Cl3FNO/c14-9-3-1-5-11(17)8(9)7-18-13(16)6-2-4-10(15)12(13)19/h1-6,12,18-19H,7H2. The van der Waals surface area contributed by atoms with E-state index >= 15 is 0 Å². The van der Waals surface area contributed by atoms with E-state index in [1.165, 1.54) is 12.1 Å². The van der Waals surface area contributed by atoms with Crippen molar-refractivity contribution in [2.45, 2.75) is 17.6 Å². The Bertz CT molecular complexity index is 526. The Kier molecular flexibility index (Phi) is 4.54. The van der Waals surface area contributed by atoms with E-state index in [1.807, 2.05) is 0 Å². The minimum absolute atomic E-state index is 0.0700. The number of allylic oxidation sites excluding steroid dienone is 2. The lowest BCUT2D eigenvalue weighted by Gasteiger charge is -2.32. The van der Waals surface area contributed by atoms with Crippen LogP contribution in [0, 0.1) is 5.82 Å². The zero-order chi connectivity index (χ0) is 14.0. The summed E-state index contributed by atoms with van der Waals surface area (Å²) in [5.74, 6) is -0.434. The fourth-order valence-electron chi connectivity index (χ4n) is 1.74. The van der Waals surface area contributed by atoms with Gasteiger partial charge in [-0.2, -0.15) is 0 Å². The van der Waals surface area contributed by atoms with E-state index in [4.69, 9.17) is 34.8 Å². The molecule has 0 spiro atoms. The number of nitrogens with one attached hydrogen (secondary N) is 1. The van der Waals surface area contributed by atoms with Gasteiger partial charge >= 0.3 is 0 Å². The van der Waals surface area contributed by atoms with Crippen LogP contribution in [0.25, 0.3) is 0 Å². The van der Waals surface area contributed by atoms with Crippen LogP contribution >= 0.6 is 34.8 Å². The van der Waals surface area contributed by atoms with E-state index in [2.05, 4.69) is 5.32 Å². The molecule has 0 aliphatic heterocycles. The Labute approximate surface area is 125 Å². The summed E-state index contributed by atoms with van der Waals surface area (Å²) in [5.41, 5.74) is 0.287. The van der Waals surface area contributed by atoms with Crippen molar-refractivity contribution >= 4 is 34.8 Å². The zero-order valence-electron chi connectivity index (χ0n) is 9.71. The van der Waals surface area contributed by atoms with Crippen molar-refractivity contribution < 1.29 is 9.50 Å². The van der Waals surface area contributed by atoms with Crippen molar-refractivity contribution in [1.29, 1.82) is 0 Å². The molecule has 0 aromatic heterocycles. The van der Waals surface area contributed by atoms with E-state index in [-0.39, 0.29) is 17.1 Å². The van der Waals surface area contributed by atoms with Crippen molar-refractivity contribution in [3.63, 3.8) is 0 Å². The third kappa shape index (κ3) is 3.12. The molecule has 1 aliphatic carbocycles. The molecule has 19 heavy (non-hydrogen) atoms. The number of benzene rings is 1. The van der Waals surface area contributed by atoms with E-state index in [1.54, 1.807) is 24.3 Å². The van der Waals surface area contributed by atoms with Crippen LogP contribution in [0.4, 0.5) is 4.39 Å². The number of aliphatic hydroxyl groups excluding tert-OH is 1. The van der Waals surface area contributed by atoms with Gasteiger partial charge in [0.1, 0.15) is 16.9 Å². The number of hydrogen-bond donors (Lipinski definition) is 2. The molecule has 0 heterocycles. The van der Waals surface area contributed by atoms with Gasteiger partial charge in [-0.05, 0) is 24.3 Å². The minimum Gasteiger partial charge on any atom is -0.384 e. The molecule has 0 amide bonds. The van der Waals surface area contributed by atoms with Gasteiger partial charge < -0.3 is 5.11 Å². The summed E-state index contributed by atoms with van der Waals surface area (Å²) >= 11 is 18.0. The van der Waals surface area contributed by atoms with Crippen molar-refractivity contribution in [2.75, 3.05) is 0 Å². The first-order valence-corrected chi connectivity index (χ1v) is 6.67. The average Bonchev–Trinajstić information content (AvgIpc) is 2.35. The highest BCUT2D eigenvalue weighted by molar-refractivity contribution is 6.33. The number of alkyl halides is 1. The summed E-state index contributed by atoms with van der Waals surface area (Å²) < 4.78 is 13.6. The molecular weight excluding hydrogens is 312 g/mol. The van der Waals surface area contributed by atoms with Crippen LogP contribution in [-0.2, 0) is 6.54 Å². The Morgan fingerprint density at radius 1 is 1.37 bits per heavy atom. The molecule has 0 bridgehead atoms. The summed E-state index contributed by atoms with van der Waals surface area (Å²) in [7, 11) is 0. The Morgan fingerprint density at radius 3 is 2.79 bits per heavy atom. The molecule has 2 unspecified atom stereocenters. The molecule has 1 aliphatic rings. The molecule has 1 aromatic rings. The second-order valence-electron chi connectivity index (χ2n) is 4.14. The largest absolute Gasteiger partial charge is 0.384 e. The Hall–Kier alpha value is -0.580. The molecule has 0 saturated carbocycles. The van der Waals surface area contributed by atoms with Crippen LogP contribution in [0.3, 0.4) is 0 Å². The van der Waals surface area contributed by atoms with Crippen molar-refractivity contribution in [1.82, 2.24) is 5.32 Å². The number of hydrogen-bond acceptors (Lipinski definition) is 2. The predicted molar refractivity (Wildman–Crippen MR) is 75.9 cm³/mol. The van der Waals surface area contributed by atoms with Gasteiger partial charge in [0.05, 0.1) is 5.03 Å². The topological polar surface area (TPSA) is 32.3 Å². The highest BCUT2D eigenvalue weighted by Crippen LogP contribution is 2.30. The maximum atomic E-state index is 13.6. The summed E-state index contributed by atoms with van der Waals surface area (Å²) in [6.07, 6.45) is 3.62. The van der Waals surface area contributed by atoms with Crippen LogP contribution in [0.1, 0.15) is 5.56 Å². The second-order valence-corrected chi connectivity index (χ2v) is 5.60. The maximum Gasteiger partial charge on any atom is 0.144 e. The first-order valence-electron chi connectivity index (χ1n) is 5.54.